The average molecular weight is 355 g/mol. The number of hydrogen-bond acceptors (Lipinski definition) is 6. The Morgan fingerprint density at radius 2 is 2.00 bits per heavy atom. The molecular weight excluding hydrogens is 338 g/mol. The van der Waals surface area contributed by atoms with Gasteiger partial charge in [-0.25, -0.2) is 0 Å². The van der Waals surface area contributed by atoms with Crippen molar-refractivity contribution in [1.82, 2.24) is 14.3 Å². The molecule has 9 nitrogen and oxygen atoms in total. The van der Waals surface area contributed by atoms with Crippen molar-refractivity contribution in [2.75, 3.05) is 31.1 Å². The molecule has 3 aromatic heterocycles. The van der Waals surface area contributed by atoms with E-state index in [2.05, 4.69) is 4.98 Å². The predicted octanol–water partition coefficient (Wildman–Crippen LogP) is 2.11. The van der Waals surface area contributed by atoms with E-state index in [1.165, 1.54) is 10.7 Å². The molecule has 9 heteroatoms. The van der Waals surface area contributed by atoms with Crippen LogP contribution in [-0.4, -0.2) is 51.3 Å². The van der Waals surface area contributed by atoms with Gasteiger partial charge in [0, 0.05) is 32.2 Å². The number of piperazine rings is 1. The minimum absolute atomic E-state index is 0.0499. The van der Waals surface area contributed by atoms with Crippen LogP contribution in [0.2, 0.25) is 0 Å². The Labute approximate surface area is 148 Å². The number of carbonyl (C=O) groups is 1. The Bertz CT molecular complexity index is 984. The molecule has 0 N–H and O–H groups in total. The third-order valence-corrected chi connectivity index (χ3v) is 4.62. The van der Waals surface area contributed by atoms with E-state index in [0.717, 1.165) is 0 Å². The highest BCUT2D eigenvalue weighted by molar-refractivity contribution is 5.95. The van der Waals surface area contributed by atoms with E-state index in [-0.39, 0.29) is 11.7 Å². The Hall–Kier alpha value is -3.36. The molecule has 0 saturated carbocycles. The lowest BCUT2D eigenvalue weighted by Gasteiger charge is -2.34. The molecule has 4 rings (SSSR count). The molecule has 1 fully saturated rings. The van der Waals surface area contributed by atoms with Crippen LogP contribution in [0.4, 0.5) is 11.6 Å². The van der Waals surface area contributed by atoms with Crippen LogP contribution < -0.4 is 4.90 Å². The number of fused-ring (bicyclic) bond motifs is 1. The van der Waals surface area contributed by atoms with Crippen LogP contribution in [-0.2, 0) is 0 Å². The number of furan rings is 1. The van der Waals surface area contributed by atoms with E-state index in [0.29, 0.717) is 49.0 Å². The fourth-order valence-corrected chi connectivity index (χ4v) is 3.25. The quantitative estimate of drug-likeness (QED) is 0.527. The van der Waals surface area contributed by atoms with Crippen molar-refractivity contribution in [1.29, 1.82) is 0 Å². The maximum atomic E-state index is 12.6. The first-order chi connectivity index (χ1) is 12.6. The number of rotatable bonds is 3. The maximum absolute atomic E-state index is 12.6. The van der Waals surface area contributed by atoms with E-state index in [1.54, 1.807) is 42.3 Å². The fraction of sp³-hybridized carbons (Fsp3) is 0.294. The van der Waals surface area contributed by atoms with Gasteiger partial charge in [-0.1, -0.05) is 6.07 Å². The molecule has 26 heavy (non-hydrogen) atoms. The monoisotopic (exact) mass is 355 g/mol. The minimum Gasteiger partial charge on any atom is -0.469 e. The molecular formula is C17H17N5O4. The fourth-order valence-electron chi connectivity index (χ4n) is 3.25. The second-order valence-corrected chi connectivity index (χ2v) is 6.11. The highest BCUT2D eigenvalue weighted by atomic mass is 16.6. The number of aryl methyl sites for hydroxylation is 1. The van der Waals surface area contributed by atoms with Gasteiger partial charge in [0.25, 0.3) is 5.91 Å². The van der Waals surface area contributed by atoms with Gasteiger partial charge in [0.2, 0.25) is 11.5 Å². The molecule has 1 aliphatic heterocycles. The summed E-state index contributed by atoms with van der Waals surface area (Å²) in [4.78, 5) is 31.7. The Balaban J connectivity index is 1.56. The van der Waals surface area contributed by atoms with Gasteiger partial charge in [-0.2, -0.15) is 9.38 Å². The number of carbonyl (C=O) groups excluding carboxylic acids is 1. The Morgan fingerprint density at radius 3 is 2.65 bits per heavy atom. The third-order valence-electron chi connectivity index (χ3n) is 4.62. The Kier molecular flexibility index (Phi) is 3.83. The summed E-state index contributed by atoms with van der Waals surface area (Å²) in [7, 11) is 0. The number of nitrogens with zero attached hydrogens (tertiary/aromatic N) is 5. The zero-order valence-electron chi connectivity index (χ0n) is 14.2. The van der Waals surface area contributed by atoms with Gasteiger partial charge in [-0.05, 0) is 24.0 Å². The topological polar surface area (TPSA) is 97.1 Å². The lowest BCUT2D eigenvalue weighted by molar-refractivity contribution is -0.389. The van der Waals surface area contributed by atoms with Crippen LogP contribution in [0, 0.1) is 17.0 Å². The van der Waals surface area contributed by atoms with Gasteiger partial charge < -0.3 is 24.3 Å². The molecule has 1 amide bonds. The summed E-state index contributed by atoms with van der Waals surface area (Å²) >= 11 is 0. The Morgan fingerprint density at radius 1 is 1.23 bits per heavy atom. The van der Waals surface area contributed by atoms with E-state index < -0.39 is 4.92 Å². The lowest BCUT2D eigenvalue weighted by atomic mass is 10.2. The molecule has 0 spiro atoms. The molecule has 3 aromatic rings. The first-order valence-electron chi connectivity index (χ1n) is 8.26. The number of anilines is 1. The van der Waals surface area contributed by atoms with E-state index in [1.807, 2.05) is 4.90 Å². The summed E-state index contributed by atoms with van der Waals surface area (Å²) in [6, 6.07) is 6.92. The van der Waals surface area contributed by atoms with Crippen LogP contribution in [0.25, 0.3) is 5.65 Å². The summed E-state index contributed by atoms with van der Waals surface area (Å²) < 4.78 is 6.67. The van der Waals surface area contributed by atoms with Gasteiger partial charge in [0.1, 0.15) is 5.76 Å². The molecule has 1 aliphatic rings. The molecule has 134 valence electrons. The number of nitro groups is 1. The summed E-state index contributed by atoms with van der Waals surface area (Å²) in [5.74, 6) is 0.799. The van der Waals surface area contributed by atoms with Crippen molar-refractivity contribution in [3.8, 4) is 0 Å². The van der Waals surface area contributed by atoms with Gasteiger partial charge in [-0.3, -0.25) is 4.79 Å². The first kappa shape index (κ1) is 16.1. The molecule has 0 radical (unpaired) electrons. The molecule has 0 atom stereocenters. The second-order valence-electron chi connectivity index (χ2n) is 6.11. The van der Waals surface area contributed by atoms with E-state index >= 15 is 0 Å². The minimum atomic E-state index is -0.415. The highest BCUT2D eigenvalue weighted by Crippen LogP contribution is 2.29. The largest absolute Gasteiger partial charge is 0.469 e. The second kappa shape index (κ2) is 6.17. The predicted molar refractivity (Wildman–Crippen MR) is 93.4 cm³/mol. The number of pyridine rings is 1. The smallest absolute Gasteiger partial charge is 0.372 e. The first-order valence-corrected chi connectivity index (χ1v) is 8.26. The van der Waals surface area contributed by atoms with Crippen LogP contribution >= 0.6 is 0 Å². The molecule has 0 aliphatic carbocycles. The zero-order valence-corrected chi connectivity index (χ0v) is 14.2. The summed E-state index contributed by atoms with van der Waals surface area (Å²) in [5.41, 5.74) is 1.08. The summed E-state index contributed by atoms with van der Waals surface area (Å²) in [6.07, 6.45) is 3.13. The van der Waals surface area contributed by atoms with Crippen molar-refractivity contribution in [2.24, 2.45) is 0 Å². The van der Waals surface area contributed by atoms with E-state index in [4.69, 9.17) is 4.42 Å². The average Bonchev–Trinajstić information content (AvgIpc) is 3.24. The molecule has 0 aromatic carbocycles. The standard InChI is InChI=1S/C17H17N5O4/c1-12-13(5-11-26-12)17(23)20-9-7-19(8-10-20)15-16(22(24)25)21-6-3-2-4-14(21)18-15/h2-6,11H,7-10H2,1H3. The van der Waals surface area contributed by atoms with Gasteiger partial charge in [0.15, 0.2) is 0 Å². The SMILES string of the molecule is Cc1occc1C(=O)N1CCN(c2nc3ccccn3c2[N+](=O)[O-])CC1. The normalized spacial score (nSPS) is 14.8. The van der Waals surface area contributed by atoms with Crippen molar-refractivity contribution < 1.29 is 14.1 Å². The van der Waals surface area contributed by atoms with E-state index in [9.17, 15) is 14.9 Å². The third kappa shape index (κ3) is 2.57. The van der Waals surface area contributed by atoms with Crippen LogP contribution in [0.5, 0.6) is 0 Å². The summed E-state index contributed by atoms with van der Waals surface area (Å²) in [6.45, 7) is 3.65. The van der Waals surface area contributed by atoms with Crippen molar-refractivity contribution in [3.05, 3.63) is 58.2 Å². The van der Waals surface area contributed by atoms with Crippen LogP contribution in [0.1, 0.15) is 16.1 Å². The van der Waals surface area contributed by atoms with Crippen molar-refractivity contribution in [2.45, 2.75) is 6.92 Å². The molecule has 4 heterocycles. The number of amides is 1. The number of imidazole rings is 1. The maximum Gasteiger partial charge on any atom is 0.372 e. The number of hydrogen-bond donors (Lipinski definition) is 0. The van der Waals surface area contributed by atoms with Crippen molar-refractivity contribution in [3.63, 3.8) is 0 Å². The van der Waals surface area contributed by atoms with Crippen LogP contribution in [0.15, 0.2) is 41.1 Å². The van der Waals surface area contributed by atoms with Crippen LogP contribution in [0.3, 0.4) is 0 Å². The van der Waals surface area contributed by atoms with Gasteiger partial charge in [0.05, 0.1) is 18.0 Å². The molecule has 0 unspecified atom stereocenters. The number of aromatic nitrogens is 2. The van der Waals surface area contributed by atoms with Gasteiger partial charge >= 0.3 is 5.82 Å². The highest BCUT2D eigenvalue weighted by Gasteiger charge is 2.31. The molecule has 1 saturated heterocycles. The van der Waals surface area contributed by atoms with Gasteiger partial charge in [-0.15, -0.1) is 0 Å². The van der Waals surface area contributed by atoms with Crippen molar-refractivity contribution >= 4 is 23.2 Å². The lowest BCUT2D eigenvalue weighted by Crippen LogP contribution is -2.49. The molecule has 0 bridgehead atoms. The zero-order chi connectivity index (χ0) is 18.3. The summed E-state index contributed by atoms with van der Waals surface area (Å²) in [5, 5.41) is 11.5.